The Morgan fingerprint density at radius 1 is 0.263 bits per heavy atom. The van der Waals surface area contributed by atoms with Gasteiger partial charge < -0.3 is 23.8 Å². The topological polar surface area (TPSA) is 19.6 Å². The summed E-state index contributed by atoms with van der Waals surface area (Å²) < 4.78 is 125. The third-order valence-electron chi connectivity index (χ3n) is 24.0. The molecule has 0 atom stereocenters. The van der Waals surface area contributed by atoms with E-state index < -0.39 is 85.3 Å². The third-order valence-corrected chi connectivity index (χ3v) is 24.0. The minimum absolute atomic E-state index is 0.0743. The second kappa shape index (κ2) is 28.2. The van der Waals surface area contributed by atoms with Crippen LogP contribution in [0.15, 0.2) is 364 Å². The summed E-state index contributed by atoms with van der Waals surface area (Å²) in [6.45, 7) is 26.7. The van der Waals surface area contributed by atoms with Crippen LogP contribution in [-0.4, -0.2) is 15.8 Å². The van der Waals surface area contributed by atoms with Crippen LogP contribution in [0.5, 0.6) is 0 Å². The molecule has 2 aromatic heterocycles. The molecule has 0 radical (unpaired) electrons. The van der Waals surface area contributed by atoms with Crippen LogP contribution >= 0.6 is 0 Å². The van der Waals surface area contributed by atoms with E-state index in [1.165, 1.54) is 15.7 Å². The Kier molecular flexibility index (Phi) is 14.4. The predicted molar refractivity (Wildman–Crippen MR) is 506 cm³/mol. The zero-order valence-electron chi connectivity index (χ0n) is 81.4. The number of rotatable bonds is 12. The summed E-state index contributed by atoms with van der Waals surface area (Å²) in [5.41, 5.74) is 25.4. The lowest BCUT2D eigenvalue weighted by Gasteiger charge is -2.46. The molecule has 18 aromatic rings. The lowest BCUT2D eigenvalue weighted by atomic mass is 9.33. The van der Waals surface area contributed by atoms with Gasteiger partial charge in [-0.15, -0.1) is 0 Å². The van der Waals surface area contributed by atoms with E-state index in [0.717, 1.165) is 139 Å². The summed E-state index contributed by atoms with van der Waals surface area (Å²) in [5, 5.41) is 2.13. The van der Waals surface area contributed by atoms with Gasteiger partial charge in [0.1, 0.15) is 0 Å². The van der Waals surface area contributed by atoms with Crippen LogP contribution < -0.4 is 31.1 Å². The summed E-state index contributed by atoms with van der Waals surface area (Å²) in [6, 6.07) is 94.8. The second-order valence-corrected chi connectivity index (χ2v) is 35.7. The van der Waals surface area contributed by atoms with Crippen molar-refractivity contribution in [1.29, 1.82) is 0 Å². The maximum Gasteiger partial charge on any atom is 0.252 e. The number of benzene rings is 16. The monoisotopic (exact) mass is 1530 g/mol. The number of aromatic nitrogens is 2. The lowest BCUT2D eigenvalue weighted by molar-refractivity contribution is 0.590. The summed E-state index contributed by atoms with van der Waals surface area (Å²) in [4.78, 5) is 6.65. The zero-order valence-corrected chi connectivity index (χ0v) is 68.4. The van der Waals surface area contributed by atoms with Crippen molar-refractivity contribution in [3.63, 3.8) is 0 Å². The maximum absolute atomic E-state index is 10.1. The Morgan fingerprint density at radius 3 is 1.22 bits per heavy atom. The van der Waals surface area contributed by atoms with Crippen LogP contribution in [0, 0.1) is 0 Å². The number of hydrogen-bond donors (Lipinski definition) is 0. The summed E-state index contributed by atoms with van der Waals surface area (Å²) in [7, 11) is 0. The van der Waals surface area contributed by atoms with Crippen LogP contribution in [0.25, 0.3) is 111 Å². The molecule has 4 heterocycles. The van der Waals surface area contributed by atoms with E-state index in [0.29, 0.717) is 17.1 Å². The van der Waals surface area contributed by atoms with Crippen LogP contribution in [0.3, 0.4) is 0 Å². The van der Waals surface area contributed by atoms with Crippen molar-refractivity contribution in [2.75, 3.05) is 14.7 Å². The SMILES string of the molecule is [2H]c1c([2H])c([2H])c(N(c2ccc(-n3c4c([2H])c([2H])c([2H])c([2H])c4c4c([2H])c([2H])c([2H])c([2H])c43)cc2)c2ccc3c(c2)N(c2cc(-c4ccccc4)cc(-c4ccccc4)c2)c2cc(-c4cccc(C(C)(C)C)c4)cc4c2B3c2ccc(-n3c5ccc(C(C)(C)C)cc5c5cc(C(C)(C)C)ccc53)cc2N4c2c(-c3ccccc3)cc(C(C)(C)C)cc2-c2ccccc2)c([2H])c1[2H]. The number of fused-ring (bicyclic) bond motifs is 10. The van der Waals surface area contributed by atoms with Gasteiger partial charge in [-0.05, 0) is 244 Å². The fourth-order valence-corrected chi connectivity index (χ4v) is 17.8. The molecule has 0 amide bonds. The number of anilines is 9. The zero-order chi connectivity index (χ0) is 92.0. The average molecular weight is 1540 g/mol. The molecule has 0 spiro atoms. The largest absolute Gasteiger partial charge is 0.311 e. The van der Waals surface area contributed by atoms with E-state index in [1.54, 1.807) is 29.2 Å². The minimum atomic E-state index is -0.590. The molecule has 0 N–H and O–H groups in total. The van der Waals surface area contributed by atoms with Gasteiger partial charge in [0.2, 0.25) is 0 Å². The number of nitrogens with zero attached hydrogens (tertiary/aromatic N) is 5. The van der Waals surface area contributed by atoms with Crippen molar-refractivity contribution in [2.45, 2.75) is 105 Å². The Balaban J connectivity index is 0.942. The minimum Gasteiger partial charge on any atom is -0.311 e. The van der Waals surface area contributed by atoms with Crippen LogP contribution in [0.4, 0.5) is 51.2 Å². The second-order valence-electron chi connectivity index (χ2n) is 35.7. The Bertz CT molecular complexity index is 7500. The van der Waals surface area contributed by atoms with Gasteiger partial charge in [-0.2, -0.15) is 0 Å². The van der Waals surface area contributed by atoms with Crippen molar-refractivity contribution < 1.29 is 17.8 Å². The van der Waals surface area contributed by atoms with E-state index in [4.69, 9.17) is 6.85 Å². The van der Waals surface area contributed by atoms with E-state index in [9.17, 15) is 11.0 Å². The van der Waals surface area contributed by atoms with Gasteiger partial charge >= 0.3 is 0 Å². The van der Waals surface area contributed by atoms with Crippen molar-refractivity contribution in [3.8, 4) is 67.0 Å². The molecule has 20 rings (SSSR count). The molecule has 0 saturated heterocycles. The predicted octanol–water partition coefficient (Wildman–Crippen LogP) is 29.0. The molecule has 0 unspecified atom stereocenters. The van der Waals surface area contributed by atoms with E-state index in [1.807, 2.05) is 18.2 Å². The molecular weight excluding hydrogens is 1430 g/mol. The summed E-state index contributed by atoms with van der Waals surface area (Å²) >= 11 is 0. The number of para-hydroxylation sites is 3. The highest BCUT2D eigenvalue weighted by molar-refractivity contribution is 7.00. The first-order valence-corrected chi connectivity index (χ1v) is 40.7. The Labute approximate surface area is 713 Å². The molecule has 2 aliphatic rings. The highest BCUT2D eigenvalue weighted by Crippen LogP contribution is 2.55. The highest BCUT2D eigenvalue weighted by Gasteiger charge is 2.46. The van der Waals surface area contributed by atoms with Crippen LogP contribution in [0.2, 0.25) is 0 Å². The van der Waals surface area contributed by atoms with E-state index in [-0.39, 0.29) is 54.8 Å². The van der Waals surface area contributed by atoms with Crippen molar-refractivity contribution in [3.05, 3.63) is 386 Å². The van der Waals surface area contributed by atoms with Gasteiger partial charge in [0.25, 0.3) is 6.71 Å². The molecule has 118 heavy (non-hydrogen) atoms. The molecule has 5 nitrogen and oxygen atoms in total. The van der Waals surface area contributed by atoms with Crippen LogP contribution in [-0.2, 0) is 21.7 Å². The molecule has 0 saturated carbocycles. The van der Waals surface area contributed by atoms with Gasteiger partial charge in [0.05, 0.1) is 45.6 Å². The van der Waals surface area contributed by atoms with Gasteiger partial charge in [0, 0.05) is 89.5 Å². The summed E-state index contributed by atoms with van der Waals surface area (Å²) in [5.74, 6) is 0. The Morgan fingerprint density at radius 2 is 0.695 bits per heavy atom. The molecule has 16 aromatic carbocycles. The molecule has 0 aliphatic carbocycles. The summed E-state index contributed by atoms with van der Waals surface area (Å²) in [6.07, 6.45) is 0. The average Bonchev–Trinajstić information content (AvgIpc) is 1.35. The lowest BCUT2D eigenvalue weighted by Crippen LogP contribution is -2.61. The molecular formula is C112H96BN5. The highest BCUT2D eigenvalue weighted by atomic mass is 15.2. The van der Waals surface area contributed by atoms with Gasteiger partial charge in [-0.1, -0.05) is 307 Å². The fourth-order valence-electron chi connectivity index (χ4n) is 17.8. The normalized spacial score (nSPS) is 14.4. The van der Waals surface area contributed by atoms with Gasteiger partial charge in [0.15, 0.2) is 0 Å². The van der Waals surface area contributed by atoms with Crippen molar-refractivity contribution >= 4 is 118 Å². The molecule has 0 fully saturated rings. The maximum atomic E-state index is 10.1. The molecule has 6 heteroatoms. The molecule has 2 aliphatic heterocycles. The number of hydrogen-bond acceptors (Lipinski definition) is 3. The Hall–Kier alpha value is -13.4. The van der Waals surface area contributed by atoms with E-state index in [2.05, 4.69) is 340 Å². The first-order chi connectivity index (χ1) is 62.4. The molecule has 572 valence electrons. The standard InChI is InChI=1S/C112H96BN5/c1-109(2,3)81-42-32-41-77(62-81)80-65-105-107-106(66-80)118(108-93(75-37-22-15-23-38-75)69-84(112(10,11)12)70-94(108)76-39-24-16-25-40-76)104-72-89(116-101-59-49-82(110(4,5)6)67-95(101)96-68-83(111(7,8)9)50-60-102(96)116)56-58-98(104)113(107)97-57-55-88(71-103(97)117(105)90-63-78(73-33-18-13-19-34-73)61-79(64-90)74-35-20-14-21-36-74)114(85-43-26-17-27-44-85)86-51-53-87(54-52-86)115-99-47-30-28-45-91(99)92-46-29-31-48-100(92)115/h13-72H,1-12H3/i17D,26D,27D,28D,29D,30D,31D,43D,44D,45D,46D,47D,48D. The first-order valence-electron chi connectivity index (χ1n) is 47.2. The molecule has 0 bridgehead atoms. The van der Waals surface area contributed by atoms with E-state index >= 15 is 0 Å². The van der Waals surface area contributed by atoms with Crippen LogP contribution in [0.1, 0.15) is 123 Å². The smallest absolute Gasteiger partial charge is 0.252 e. The van der Waals surface area contributed by atoms with Gasteiger partial charge in [-0.3, -0.25) is 0 Å². The third kappa shape index (κ3) is 12.7. The van der Waals surface area contributed by atoms with Crippen molar-refractivity contribution in [1.82, 2.24) is 9.13 Å². The first kappa shape index (κ1) is 60.2. The quantitative estimate of drug-likeness (QED) is 0.114. The van der Waals surface area contributed by atoms with Gasteiger partial charge in [-0.25, -0.2) is 0 Å². The fraction of sp³-hybridized carbons (Fsp3) is 0.143. The van der Waals surface area contributed by atoms with Crippen molar-refractivity contribution in [2.24, 2.45) is 0 Å².